The van der Waals surface area contributed by atoms with Crippen LogP contribution in [-0.4, -0.2) is 17.1 Å². The Kier molecular flexibility index (Phi) is 4.28. The Bertz CT molecular complexity index is 375. The van der Waals surface area contributed by atoms with Gasteiger partial charge in [0.1, 0.15) is 11.6 Å². The van der Waals surface area contributed by atoms with E-state index in [4.69, 9.17) is 0 Å². The number of phenols is 1. The molecule has 0 radical (unpaired) electrons. The first-order chi connectivity index (χ1) is 7.58. The van der Waals surface area contributed by atoms with Gasteiger partial charge in [0.25, 0.3) is 5.91 Å². The molecule has 88 valence electrons. The molecule has 0 saturated carbocycles. The highest BCUT2D eigenvalue weighted by Crippen LogP contribution is 2.18. The fourth-order valence-electron chi connectivity index (χ4n) is 1.45. The van der Waals surface area contributed by atoms with Crippen LogP contribution in [0.15, 0.2) is 18.2 Å². The number of phenolic OH excluding ortho intramolecular Hbond substituents is 1. The molecule has 0 aliphatic heterocycles. The highest BCUT2D eigenvalue weighted by molar-refractivity contribution is 5.96. The first kappa shape index (κ1) is 12.5. The Morgan fingerprint density at radius 3 is 2.62 bits per heavy atom. The van der Waals surface area contributed by atoms with Crippen molar-refractivity contribution in [2.24, 2.45) is 0 Å². The first-order valence-electron chi connectivity index (χ1n) is 5.37. The Morgan fingerprint density at radius 2 is 2.06 bits per heavy atom. The smallest absolute Gasteiger partial charge is 0.255 e. The molecule has 1 amide bonds. The van der Waals surface area contributed by atoms with Gasteiger partial charge in [-0.3, -0.25) is 4.79 Å². The second kappa shape index (κ2) is 5.49. The summed E-state index contributed by atoms with van der Waals surface area (Å²) in [5.74, 6) is -1.18. The largest absolute Gasteiger partial charge is 0.507 e. The zero-order valence-electron chi connectivity index (χ0n) is 9.46. The van der Waals surface area contributed by atoms with Crippen molar-refractivity contribution in [3.8, 4) is 5.75 Å². The number of benzene rings is 1. The molecule has 0 saturated heterocycles. The maximum atomic E-state index is 12.9. The molecular weight excluding hydrogens is 209 g/mol. The molecule has 0 atom stereocenters. The van der Waals surface area contributed by atoms with Gasteiger partial charge in [-0.25, -0.2) is 4.39 Å². The van der Waals surface area contributed by atoms with Crippen molar-refractivity contribution in [3.63, 3.8) is 0 Å². The minimum absolute atomic E-state index is 0.0214. The van der Waals surface area contributed by atoms with Crippen LogP contribution in [0.5, 0.6) is 5.75 Å². The van der Waals surface area contributed by atoms with Gasteiger partial charge in [0, 0.05) is 6.04 Å². The number of hydrogen-bond acceptors (Lipinski definition) is 2. The molecule has 4 heteroatoms. The van der Waals surface area contributed by atoms with E-state index in [1.54, 1.807) is 0 Å². The number of amides is 1. The van der Waals surface area contributed by atoms with Crippen LogP contribution in [-0.2, 0) is 0 Å². The van der Waals surface area contributed by atoms with E-state index in [0.29, 0.717) is 0 Å². The molecule has 0 aliphatic rings. The van der Waals surface area contributed by atoms with Gasteiger partial charge >= 0.3 is 0 Å². The summed E-state index contributed by atoms with van der Waals surface area (Å²) in [6.07, 6.45) is 1.61. The summed E-state index contributed by atoms with van der Waals surface area (Å²) in [4.78, 5) is 11.7. The predicted octanol–water partition coefficient (Wildman–Crippen LogP) is 2.45. The van der Waals surface area contributed by atoms with Gasteiger partial charge in [0.15, 0.2) is 0 Å². The van der Waals surface area contributed by atoms with Crippen LogP contribution < -0.4 is 5.32 Å². The Morgan fingerprint density at radius 1 is 1.44 bits per heavy atom. The van der Waals surface area contributed by atoms with Crippen LogP contribution in [0.2, 0.25) is 0 Å². The molecule has 1 aromatic carbocycles. The summed E-state index contributed by atoms with van der Waals surface area (Å²) in [6.45, 7) is 3.92. The topological polar surface area (TPSA) is 49.3 Å². The summed E-state index contributed by atoms with van der Waals surface area (Å²) >= 11 is 0. The van der Waals surface area contributed by atoms with E-state index >= 15 is 0 Å². The quantitative estimate of drug-likeness (QED) is 0.826. The zero-order valence-corrected chi connectivity index (χ0v) is 9.46. The number of rotatable bonds is 4. The molecule has 0 heterocycles. The fourth-order valence-corrected chi connectivity index (χ4v) is 1.45. The van der Waals surface area contributed by atoms with E-state index in [1.165, 1.54) is 6.07 Å². The molecule has 1 rings (SSSR count). The number of aromatic hydroxyl groups is 1. The van der Waals surface area contributed by atoms with E-state index in [0.717, 1.165) is 25.0 Å². The minimum atomic E-state index is -0.535. The van der Waals surface area contributed by atoms with Gasteiger partial charge in [-0.2, -0.15) is 0 Å². The van der Waals surface area contributed by atoms with Crippen molar-refractivity contribution in [2.45, 2.75) is 32.7 Å². The Balaban J connectivity index is 2.83. The number of carbonyl (C=O) groups is 1. The van der Waals surface area contributed by atoms with Gasteiger partial charge < -0.3 is 10.4 Å². The molecule has 0 unspecified atom stereocenters. The maximum absolute atomic E-state index is 12.9. The molecule has 0 fully saturated rings. The van der Waals surface area contributed by atoms with E-state index < -0.39 is 11.7 Å². The molecule has 3 nitrogen and oxygen atoms in total. The van der Waals surface area contributed by atoms with Gasteiger partial charge in [0.2, 0.25) is 0 Å². The monoisotopic (exact) mass is 225 g/mol. The summed E-state index contributed by atoms with van der Waals surface area (Å²) < 4.78 is 12.9. The van der Waals surface area contributed by atoms with Crippen LogP contribution >= 0.6 is 0 Å². The third kappa shape index (κ3) is 2.95. The van der Waals surface area contributed by atoms with Gasteiger partial charge in [-0.15, -0.1) is 0 Å². The molecule has 16 heavy (non-hydrogen) atoms. The van der Waals surface area contributed by atoms with Crippen molar-refractivity contribution in [1.82, 2.24) is 5.32 Å². The van der Waals surface area contributed by atoms with E-state index in [9.17, 15) is 14.3 Å². The maximum Gasteiger partial charge on any atom is 0.255 e. The molecule has 0 aliphatic carbocycles. The van der Waals surface area contributed by atoms with Crippen molar-refractivity contribution >= 4 is 5.91 Å². The molecule has 0 aromatic heterocycles. The second-order valence-electron chi connectivity index (χ2n) is 3.65. The summed E-state index contributed by atoms with van der Waals surface area (Å²) in [7, 11) is 0. The zero-order chi connectivity index (χ0) is 12.1. The second-order valence-corrected chi connectivity index (χ2v) is 3.65. The lowest BCUT2D eigenvalue weighted by Crippen LogP contribution is -2.33. The standard InChI is InChI=1S/C12H16FNO2/c1-3-9(4-2)14-12(16)10-7-8(13)5-6-11(10)15/h5-7,9,15H,3-4H2,1-2H3,(H,14,16). The lowest BCUT2D eigenvalue weighted by atomic mass is 10.1. The lowest BCUT2D eigenvalue weighted by Gasteiger charge is -2.15. The number of hydrogen-bond donors (Lipinski definition) is 2. The number of carbonyl (C=O) groups excluding carboxylic acids is 1. The normalized spacial score (nSPS) is 10.5. The van der Waals surface area contributed by atoms with Gasteiger partial charge in [-0.1, -0.05) is 13.8 Å². The Hall–Kier alpha value is -1.58. The first-order valence-corrected chi connectivity index (χ1v) is 5.37. The summed E-state index contributed by atoms with van der Waals surface area (Å²) in [5, 5.41) is 12.2. The van der Waals surface area contributed by atoms with E-state index in [-0.39, 0.29) is 17.4 Å². The highest BCUT2D eigenvalue weighted by Gasteiger charge is 2.14. The van der Waals surface area contributed by atoms with Crippen LogP contribution in [0, 0.1) is 5.82 Å². The van der Waals surface area contributed by atoms with Crippen molar-refractivity contribution in [1.29, 1.82) is 0 Å². The van der Waals surface area contributed by atoms with Gasteiger partial charge in [-0.05, 0) is 31.0 Å². The molecule has 0 spiro atoms. The van der Waals surface area contributed by atoms with Gasteiger partial charge in [0.05, 0.1) is 5.56 Å². The molecule has 1 aromatic rings. The third-order valence-electron chi connectivity index (χ3n) is 2.52. The van der Waals surface area contributed by atoms with E-state index in [2.05, 4.69) is 5.32 Å². The SMILES string of the molecule is CCC(CC)NC(=O)c1cc(F)ccc1O. The fraction of sp³-hybridized carbons (Fsp3) is 0.417. The predicted molar refractivity (Wildman–Crippen MR) is 59.9 cm³/mol. The number of halogens is 1. The molecule has 2 N–H and O–H groups in total. The van der Waals surface area contributed by atoms with Crippen LogP contribution in [0.1, 0.15) is 37.0 Å². The third-order valence-corrected chi connectivity index (χ3v) is 2.52. The van der Waals surface area contributed by atoms with Crippen molar-refractivity contribution < 1.29 is 14.3 Å². The molecular formula is C12H16FNO2. The highest BCUT2D eigenvalue weighted by atomic mass is 19.1. The van der Waals surface area contributed by atoms with Crippen LogP contribution in [0.4, 0.5) is 4.39 Å². The summed E-state index contributed by atoms with van der Waals surface area (Å²) in [6, 6.07) is 3.38. The minimum Gasteiger partial charge on any atom is -0.507 e. The summed E-state index contributed by atoms with van der Waals surface area (Å²) in [5.41, 5.74) is -0.0214. The van der Waals surface area contributed by atoms with Crippen molar-refractivity contribution in [3.05, 3.63) is 29.6 Å². The average molecular weight is 225 g/mol. The van der Waals surface area contributed by atoms with E-state index in [1.807, 2.05) is 13.8 Å². The number of nitrogens with one attached hydrogen (secondary N) is 1. The average Bonchev–Trinajstić information content (AvgIpc) is 2.28. The van der Waals surface area contributed by atoms with Crippen LogP contribution in [0.3, 0.4) is 0 Å². The van der Waals surface area contributed by atoms with Crippen molar-refractivity contribution in [2.75, 3.05) is 0 Å². The lowest BCUT2D eigenvalue weighted by molar-refractivity contribution is 0.0931. The molecule has 0 bridgehead atoms. The van der Waals surface area contributed by atoms with Crippen LogP contribution in [0.25, 0.3) is 0 Å². The Labute approximate surface area is 94.3 Å².